The van der Waals surface area contributed by atoms with E-state index in [1.165, 1.54) is 41.5 Å². The van der Waals surface area contributed by atoms with Crippen LogP contribution in [-0.4, -0.2) is 61.6 Å². The van der Waals surface area contributed by atoms with Gasteiger partial charge in [0.1, 0.15) is 0 Å². The van der Waals surface area contributed by atoms with E-state index in [-0.39, 0.29) is 12.8 Å². The summed E-state index contributed by atoms with van der Waals surface area (Å²) in [4.78, 5) is 23.2. The Morgan fingerprint density at radius 2 is 0.929 bits per heavy atom. The van der Waals surface area contributed by atoms with Gasteiger partial charge < -0.3 is 10.2 Å². The number of nitrogens with one attached hydrogen (secondary N) is 2. The van der Waals surface area contributed by atoms with E-state index in [1.807, 2.05) is 0 Å². The number of rotatable bonds is 12. The van der Waals surface area contributed by atoms with Crippen LogP contribution in [0, 0.1) is 0 Å². The highest BCUT2D eigenvalue weighted by atomic mass is 32.2. The van der Waals surface area contributed by atoms with E-state index in [9.17, 15) is 36.6 Å². The van der Waals surface area contributed by atoms with Crippen molar-refractivity contribution in [2.24, 2.45) is 0 Å². The highest BCUT2D eigenvalue weighted by molar-refractivity contribution is 7.90. The molecule has 2 atom stereocenters. The van der Waals surface area contributed by atoms with Crippen LogP contribution in [0.15, 0.2) is 11.1 Å². The van der Waals surface area contributed by atoms with Crippen LogP contribution in [0.4, 0.5) is 0 Å². The number of hydrogen-bond acceptors (Lipinski definition) is 6. The molecule has 0 heterocycles. The zero-order valence-electron chi connectivity index (χ0n) is 16.9. The minimum absolute atomic E-state index is 0.368. The first-order chi connectivity index (χ1) is 12.5. The zero-order chi connectivity index (χ0) is 22.4. The molecule has 0 bridgehead atoms. The van der Waals surface area contributed by atoms with E-state index in [4.69, 9.17) is 0 Å². The molecule has 0 radical (unpaired) electrons. The Labute approximate surface area is 166 Å². The topological polar surface area (TPSA) is 167 Å². The molecule has 0 aromatic carbocycles. The van der Waals surface area contributed by atoms with Crippen molar-refractivity contribution in [1.29, 1.82) is 0 Å². The number of hydrogen-bond donors (Lipinski definition) is 4. The van der Waals surface area contributed by atoms with Gasteiger partial charge in [-0.15, -0.1) is 0 Å². The lowest BCUT2D eigenvalue weighted by atomic mass is 9.97. The maximum Gasteiger partial charge on any atom is 0.332 e. The van der Waals surface area contributed by atoms with Crippen LogP contribution >= 0.6 is 0 Å². The summed E-state index contributed by atoms with van der Waals surface area (Å²) in [5, 5.41) is 17.4. The molecular weight excluding hydrogens is 412 g/mol. The average Bonchev–Trinajstić information content (AvgIpc) is 2.48. The van der Waals surface area contributed by atoms with E-state index >= 15 is 0 Å². The molecule has 0 aliphatic heterocycles. The monoisotopic (exact) mass is 442 g/mol. The summed E-state index contributed by atoms with van der Waals surface area (Å²) >= 11 is 0. The van der Waals surface area contributed by atoms with Crippen molar-refractivity contribution in [2.45, 2.75) is 77.0 Å². The van der Waals surface area contributed by atoms with Crippen LogP contribution in [0.5, 0.6) is 0 Å². The second-order valence-electron chi connectivity index (χ2n) is 7.20. The van der Waals surface area contributed by atoms with Crippen molar-refractivity contribution in [3.63, 3.8) is 0 Å². The summed E-state index contributed by atoms with van der Waals surface area (Å²) in [6.45, 7) is 8.66. The van der Waals surface area contributed by atoms with Gasteiger partial charge >= 0.3 is 11.9 Å². The van der Waals surface area contributed by atoms with Gasteiger partial charge in [0.15, 0.2) is 0 Å². The maximum absolute atomic E-state index is 11.9. The van der Waals surface area contributed by atoms with Crippen LogP contribution < -0.4 is 9.44 Å². The Bertz CT molecular complexity index is 746. The minimum atomic E-state index is -3.68. The largest absolute Gasteiger partial charge is 0.478 e. The number of carboxylic acids is 2. The molecule has 0 saturated heterocycles. The molecule has 0 saturated carbocycles. The standard InChI is InChI=1S/C16H30N2O8S2/c1-9(2)27(23,24)17-11(5)7-13(15(19)20)14(16(21)22)8-12(6)18-28(25,26)10(3)4/h9-12,17-18H,7-8H2,1-6H3,(H,19,20)(H,21,22)/t11-,12-/m0/s1. The van der Waals surface area contributed by atoms with Gasteiger partial charge in [0.2, 0.25) is 20.0 Å². The van der Waals surface area contributed by atoms with E-state index in [0.29, 0.717) is 0 Å². The van der Waals surface area contributed by atoms with Crippen molar-refractivity contribution in [3.05, 3.63) is 11.1 Å². The molecule has 12 heteroatoms. The highest BCUT2D eigenvalue weighted by Crippen LogP contribution is 2.19. The Balaban J connectivity index is 5.71. The van der Waals surface area contributed by atoms with Crippen LogP contribution in [0.2, 0.25) is 0 Å². The van der Waals surface area contributed by atoms with Gasteiger partial charge in [-0.05, 0) is 54.4 Å². The summed E-state index contributed by atoms with van der Waals surface area (Å²) in [6, 6.07) is -1.73. The van der Waals surface area contributed by atoms with Gasteiger partial charge in [-0.25, -0.2) is 35.9 Å². The molecule has 0 unspecified atom stereocenters. The summed E-state index contributed by atoms with van der Waals surface area (Å²) in [5.41, 5.74) is -0.968. The van der Waals surface area contributed by atoms with Crippen molar-refractivity contribution in [3.8, 4) is 0 Å². The molecule has 0 rings (SSSR count). The number of sulfonamides is 2. The normalized spacial score (nSPS) is 16.0. The zero-order valence-corrected chi connectivity index (χ0v) is 18.5. The van der Waals surface area contributed by atoms with Crippen molar-refractivity contribution in [2.75, 3.05) is 0 Å². The summed E-state index contributed by atoms with van der Waals surface area (Å²) in [7, 11) is -7.35. The van der Waals surface area contributed by atoms with Gasteiger partial charge in [-0.3, -0.25) is 0 Å². The predicted octanol–water partition coefficient (Wildman–Crippen LogP) is 0.665. The van der Waals surface area contributed by atoms with Crippen LogP contribution in [0.1, 0.15) is 54.4 Å². The summed E-state index contributed by atoms with van der Waals surface area (Å²) in [5.74, 6) is -3.01. The first-order valence-electron chi connectivity index (χ1n) is 8.72. The molecule has 0 amide bonds. The fraction of sp³-hybridized carbons (Fsp3) is 0.750. The van der Waals surface area contributed by atoms with Crippen molar-refractivity contribution < 1.29 is 36.6 Å². The smallest absolute Gasteiger partial charge is 0.332 e. The second-order valence-corrected chi connectivity index (χ2v) is 11.7. The predicted molar refractivity (Wildman–Crippen MR) is 105 cm³/mol. The fourth-order valence-electron chi connectivity index (χ4n) is 2.21. The maximum atomic E-state index is 11.9. The first-order valence-corrected chi connectivity index (χ1v) is 11.8. The molecule has 10 nitrogen and oxygen atoms in total. The lowest BCUT2D eigenvalue weighted by Crippen LogP contribution is -2.39. The van der Waals surface area contributed by atoms with E-state index in [1.54, 1.807) is 0 Å². The molecule has 0 aliphatic carbocycles. The van der Waals surface area contributed by atoms with E-state index < -0.39 is 65.7 Å². The van der Waals surface area contributed by atoms with Gasteiger partial charge in [-0.2, -0.15) is 0 Å². The molecule has 0 aromatic rings. The van der Waals surface area contributed by atoms with Crippen molar-refractivity contribution in [1.82, 2.24) is 9.44 Å². The van der Waals surface area contributed by atoms with Gasteiger partial charge in [0.25, 0.3) is 0 Å². The van der Waals surface area contributed by atoms with Crippen LogP contribution in [0.25, 0.3) is 0 Å². The molecule has 0 aliphatic rings. The molecule has 0 fully saturated rings. The van der Waals surface area contributed by atoms with Crippen LogP contribution in [0.3, 0.4) is 0 Å². The highest BCUT2D eigenvalue weighted by Gasteiger charge is 2.27. The Kier molecular flexibility index (Phi) is 9.77. The summed E-state index contributed by atoms with van der Waals surface area (Å²) < 4.78 is 52.3. The van der Waals surface area contributed by atoms with Gasteiger partial charge in [0.05, 0.1) is 10.5 Å². The molecule has 0 spiro atoms. The number of carbonyl (C=O) groups is 2. The quantitative estimate of drug-likeness (QED) is 0.320. The molecule has 4 N–H and O–H groups in total. The Morgan fingerprint density at radius 3 is 1.11 bits per heavy atom. The summed E-state index contributed by atoms with van der Waals surface area (Å²) in [6.07, 6.45) is -0.737. The lowest BCUT2D eigenvalue weighted by molar-refractivity contribution is -0.136. The Hall–Kier alpha value is -1.50. The van der Waals surface area contributed by atoms with Crippen molar-refractivity contribution >= 4 is 32.0 Å². The molecule has 0 aromatic heterocycles. The van der Waals surface area contributed by atoms with Gasteiger partial charge in [0, 0.05) is 23.2 Å². The first kappa shape index (κ1) is 26.5. The molecule has 164 valence electrons. The van der Waals surface area contributed by atoms with Gasteiger partial charge in [-0.1, -0.05) is 0 Å². The second kappa shape index (κ2) is 10.3. The number of carboxylic acid groups (broad SMARTS) is 2. The minimum Gasteiger partial charge on any atom is -0.478 e. The SMILES string of the molecule is CC(C)S(=O)(=O)N[C@@H](C)CC(C(=O)O)=C(C[C@H](C)NS(=O)(=O)C(C)C)C(=O)O. The average molecular weight is 443 g/mol. The van der Waals surface area contributed by atoms with E-state index in [2.05, 4.69) is 9.44 Å². The third-order valence-corrected chi connectivity index (χ3v) is 7.82. The molecular formula is C16H30N2O8S2. The Morgan fingerprint density at radius 1 is 0.679 bits per heavy atom. The fourth-order valence-corrected chi connectivity index (χ4v) is 4.04. The third-order valence-electron chi connectivity index (χ3n) is 3.87. The number of aliphatic carboxylic acids is 2. The third kappa shape index (κ3) is 8.25. The lowest BCUT2D eigenvalue weighted by Gasteiger charge is -2.20. The van der Waals surface area contributed by atoms with Crippen LogP contribution in [-0.2, 0) is 29.6 Å². The van der Waals surface area contributed by atoms with E-state index in [0.717, 1.165) is 0 Å². The molecule has 28 heavy (non-hydrogen) atoms.